The highest BCUT2D eigenvalue weighted by atomic mass is 19.4. The van der Waals surface area contributed by atoms with Crippen molar-refractivity contribution >= 4 is 22.6 Å². The highest BCUT2D eigenvalue weighted by Crippen LogP contribution is 2.34. The van der Waals surface area contributed by atoms with Crippen molar-refractivity contribution in [3.05, 3.63) is 114 Å². The number of aromatic nitrogens is 2. The van der Waals surface area contributed by atoms with Gasteiger partial charge >= 0.3 is 6.18 Å². The van der Waals surface area contributed by atoms with Crippen molar-refractivity contribution in [1.82, 2.24) is 9.55 Å². The van der Waals surface area contributed by atoms with Crippen molar-refractivity contribution in [2.75, 3.05) is 5.32 Å². The predicted molar refractivity (Wildman–Crippen MR) is 132 cm³/mol. The van der Waals surface area contributed by atoms with Gasteiger partial charge in [-0.1, -0.05) is 48.5 Å². The molecule has 5 nitrogen and oxygen atoms in total. The molecule has 1 heterocycles. The Kier molecular flexibility index (Phi) is 6.03. The second-order valence-corrected chi connectivity index (χ2v) is 8.19. The summed E-state index contributed by atoms with van der Waals surface area (Å²) in [7, 11) is 0. The van der Waals surface area contributed by atoms with Crippen LogP contribution in [0.3, 0.4) is 0 Å². The zero-order valence-electron chi connectivity index (χ0n) is 18.8. The van der Waals surface area contributed by atoms with Crippen LogP contribution in [0.2, 0.25) is 0 Å². The standard InChI is InChI=1S/C28H20F3N3O2/c29-28(30,31)27-33-24-16-18(17-35)6-15-25(24)34(27)23-13-11-22(12-14-23)32-26(36)21-9-7-20(8-10-21)19-4-2-1-3-5-19/h1-16,35H,17H2,(H,32,36). The molecular formula is C28H20F3N3O2. The smallest absolute Gasteiger partial charge is 0.392 e. The number of halogens is 3. The highest BCUT2D eigenvalue weighted by Gasteiger charge is 2.38. The molecule has 36 heavy (non-hydrogen) atoms. The second kappa shape index (κ2) is 9.31. The molecule has 0 aliphatic carbocycles. The number of amides is 1. The Morgan fingerprint density at radius 2 is 1.53 bits per heavy atom. The number of carbonyl (C=O) groups is 1. The number of alkyl halides is 3. The third-order valence-electron chi connectivity index (χ3n) is 5.79. The van der Waals surface area contributed by atoms with Gasteiger partial charge in [0.25, 0.3) is 5.91 Å². The van der Waals surface area contributed by atoms with Gasteiger partial charge < -0.3 is 10.4 Å². The van der Waals surface area contributed by atoms with Crippen molar-refractivity contribution < 1.29 is 23.1 Å². The lowest BCUT2D eigenvalue weighted by Gasteiger charge is -2.13. The molecule has 180 valence electrons. The summed E-state index contributed by atoms with van der Waals surface area (Å²) in [6.45, 7) is -0.298. The maximum Gasteiger partial charge on any atom is 0.450 e. The first-order valence-electron chi connectivity index (χ1n) is 11.1. The number of nitrogens with one attached hydrogen (secondary N) is 1. The van der Waals surface area contributed by atoms with Gasteiger partial charge in [-0.2, -0.15) is 13.2 Å². The van der Waals surface area contributed by atoms with E-state index in [1.165, 1.54) is 24.3 Å². The van der Waals surface area contributed by atoms with E-state index in [-0.39, 0.29) is 29.2 Å². The first kappa shape index (κ1) is 23.3. The summed E-state index contributed by atoms with van der Waals surface area (Å²) in [5, 5.41) is 12.1. The Bertz CT molecular complexity index is 1530. The van der Waals surface area contributed by atoms with E-state index in [0.29, 0.717) is 16.8 Å². The van der Waals surface area contributed by atoms with Crippen LogP contribution in [0.4, 0.5) is 18.9 Å². The summed E-state index contributed by atoms with van der Waals surface area (Å²) in [6, 6.07) is 27.5. The number of rotatable bonds is 5. The van der Waals surface area contributed by atoms with E-state index < -0.39 is 12.0 Å². The molecule has 2 N–H and O–H groups in total. The molecule has 5 rings (SSSR count). The summed E-state index contributed by atoms with van der Waals surface area (Å²) in [4.78, 5) is 16.5. The molecule has 4 aromatic carbocycles. The number of aliphatic hydroxyl groups excluding tert-OH is 1. The normalized spacial score (nSPS) is 11.6. The zero-order chi connectivity index (χ0) is 25.3. The topological polar surface area (TPSA) is 67.2 Å². The summed E-state index contributed by atoms with van der Waals surface area (Å²) in [6.07, 6.45) is -4.68. The van der Waals surface area contributed by atoms with Gasteiger partial charge in [0, 0.05) is 16.9 Å². The van der Waals surface area contributed by atoms with Crippen LogP contribution in [0, 0.1) is 0 Å². The van der Waals surface area contributed by atoms with Gasteiger partial charge in [0.15, 0.2) is 0 Å². The minimum atomic E-state index is -4.68. The number of anilines is 1. The predicted octanol–water partition coefficient (Wildman–Crippen LogP) is 6.46. The molecule has 0 atom stereocenters. The molecule has 5 aromatic rings. The number of fused-ring (bicyclic) bond motifs is 1. The summed E-state index contributed by atoms with van der Waals surface area (Å²) >= 11 is 0. The van der Waals surface area contributed by atoms with Crippen LogP contribution in [0.15, 0.2) is 97.1 Å². The molecule has 0 fully saturated rings. The van der Waals surface area contributed by atoms with Gasteiger partial charge in [-0.25, -0.2) is 4.98 Å². The third kappa shape index (κ3) is 4.58. The highest BCUT2D eigenvalue weighted by molar-refractivity contribution is 6.04. The molecule has 8 heteroatoms. The minimum Gasteiger partial charge on any atom is -0.392 e. The molecule has 0 saturated heterocycles. The van der Waals surface area contributed by atoms with E-state index in [9.17, 15) is 23.1 Å². The number of hydrogen-bond acceptors (Lipinski definition) is 3. The van der Waals surface area contributed by atoms with Crippen molar-refractivity contribution in [3.8, 4) is 16.8 Å². The molecule has 1 amide bonds. The van der Waals surface area contributed by atoms with Crippen molar-refractivity contribution in [2.24, 2.45) is 0 Å². The van der Waals surface area contributed by atoms with E-state index in [2.05, 4.69) is 10.3 Å². The number of aliphatic hydroxyl groups is 1. The Morgan fingerprint density at radius 1 is 0.861 bits per heavy atom. The number of nitrogens with zero attached hydrogens (tertiary/aromatic N) is 2. The van der Waals surface area contributed by atoms with Gasteiger partial charge in [0.1, 0.15) is 0 Å². The molecule has 0 bridgehead atoms. The fourth-order valence-electron chi connectivity index (χ4n) is 4.02. The van der Waals surface area contributed by atoms with Gasteiger partial charge in [-0.15, -0.1) is 0 Å². The van der Waals surface area contributed by atoms with Gasteiger partial charge in [0.05, 0.1) is 17.6 Å². The largest absolute Gasteiger partial charge is 0.450 e. The quantitative estimate of drug-likeness (QED) is 0.299. The lowest BCUT2D eigenvalue weighted by atomic mass is 10.0. The molecule has 1 aromatic heterocycles. The number of benzene rings is 4. The van der Waals surface area contributed by atoms with Crippen LogP contribution in [0.5, 0.6) is 0 Å². The van der Waals surface area contributed by atoms with Crippen LogP contribution >= 0.6 is 0 Å². The SMILES string of the molecule is O=C(Nc1ccc(-n2c(C(F)(F)F)nc3cc(CO)ccc32)cc1)c1ccc(-c2ccccc2)cc1. The average molecular weight is 487 g/mol. The van der Waals surface area contributed by atoms with E-state index in [4.69, 9.17) is 0 Å². The number of carbonyl (C=O) groups excluding carboxylic acids is 1. The third-order valence-corrected chi connectivity index (χ3v) is 5.79. The summed E-state index contributed by atoms with van der Waals surface area (Å²) < 4.78 is 42.2. The summed E-state index contributed by atoms with van der Waals surface area (Å²) in [5.41, 5.74) is 4.02. The van der Waals surface area contributed by atoms with Crippen LogP contribution in [0.1, 0.15) is 21.7 Å². The Balaban J connectivity index is 1.39. The van der Waals surface area contributed by atoms with E-state index >= 15 is 0 Å². The second-order valence-electron chi connectivity index (χ2n) is 8.19. The van der Waals surface area contributed by atoms with Gasteiger partial charge in [-0.3, -0.25) is 9.36 Å². The molecule has 0 aliphatic rings. The first-order valence-corrected chi connectivity index (χ1v) is 11.1. The lowest BCUT2D eigenvalue weighted by Crippen LogP contribution is -2.14. The fourth-order valence-corrected chi connectivity index (χ4v) is 4.02. The molecule has 0 unspecified atom stereocenters. The monoisotopic (exact) mass is 487 g/mol. The number of imidazole rings is 1. The van der Waals surface area contributed by atoms with Crippen LogP contribution in [-0.4, -0.2) is 20.6 Å². The molecule has 0 saturated carbocycles. The van der Waals surface area contributed by atoms with Crippen LogP contribution in [0.25, 0.3) is 27.8 Å². The minimum absolute atomic E-state index is 0.130. The summed E-state index contributed by atoms with van der Waals surface area (Å²) in [5.74, 6) is -1.40. The molecule has 0 aliphatic heterocycles. The molecule has 0 radical (unpaired) electrons. The molecule has 0 spiro atoms. The van der Waals surface area contributed by atoms with Gasteiger partial charge in [0.2, 0.25) is 5.82 Å². The van der Waals surface area contributed by atoms with Crippen molar-refractivity contribution in [2.45, 2.75) is 12.8 Å². The van der Waals surface area contributed by atoms with Crippen molar-refractivity contribution in [1.29, 1.82) is 0 Å². The van der Waals surface area contributed by atoms with Gasteiger partial charge in [-0.05, 0) is 65.2 Å². The Labute approximate surface area is 204 Å². The van der Waals surface area contributed by atoms with E-state index in [1.54, 1.807) is 30.3 Å². The lowest BCUT2D eigenvalue weighted by molar-refractivity contribution is -0.145. The maximum absolute atomic E-state index is 13.7. The van der Waals surface area contributed by atoms with Crippen LogP contribution < -0.4 is 5.32 Å². The number of hydrogen-bond donors (Lipinski definition) is 2. The Hall–Kier alpha value is -4.43. The maximum atomic E-state index is 13.7. The van der Waals surface area contributed by atoms with Crippen molar-refractivity contribution in [3.63, 3.8) is 0 Å². The van der Waals surface area contributed by atoms with E-state index in [0.717, 1.165) is 15.7 Å². The fraction of sp³-hybridized carbons (Fsp3) is 0.0714. The first-order chi connectivity index (χ1) is 17.3. The average Bonchev–Trinajstić information content (AvgIpc) is 3.29. The zero-order valence-corrected chi connectivity index (χ0v) is 18.8. The molecular weight excluding hydrogens is 467 g/mol. The Morgan fingerprint density at radius 3 is 2.17 bits per heavy atom. The van der Waals surface area contributed by atoms with E-state index in [1.807, 2.05) is 42.5 Å². The van der Waals surface area contributed by atoms with Crippen LogP contribution in [-0.2, 0) is 12.8 Å².